The highest BCUT2D eigenvalue weighted by Crippen LogP contribution is 2.33. The summed E-state index contributed by atoms with van der Waals surface area (Å²) < 4.78 is 5.00. The van der Waals surface area contributed by atoms with Crippen LogP contribution in [0.1, 0.15) is 10.6 Å². The molecule has 0 saturated heterocycles. The molecule has 0 atom stereocenters. The van der Waals surface area contributed by atoms with Gasteiger partial charge in [0.25, 0.3) is 11.6 Å². The van der Waals surface area contributed by atoms with E-state index in [0.29, 0.717) is 5.39 Å². The molecular weight excluding hydrogens is 272 g/mol. The van der Waals surface area contributed by atoms with Gasteiger partial charge in [-0.05, 0) is 23.6 Å². The van der Waals surface area contributed by atoms with E-state index < -0.39 is 10.8 Å². The zero-order valence-corrected chi connectivity index (χ0v) is 10.8. The number of nitro benzene ring substituents is 1. The van der Waals surface area contributed by atoms with E-state index >= 15 is 0 Å². The van der Waals surface area contributed by atoms with E-state index in [-0.39, 0.29) is 17.1 Å². The Balaban J connectivity index is 2.12. The molecule has 1 heterocycles. The number of nitro groups is 1. The Morgan fingerprint density at radius 1 is 1.10 bits per heavy atom. The van der Waals surface area contributed by atoms with Gasteiger partial charge in [-0.2, -0.15) is 0 Å². The molecule has 0 unspecified atom stereocenters. The summed E-state index contributed by atoms with van der Waals surface area (Å²) in [6.45, 7) is 0. The SMILES string of the molecule is O=C(Nc1c([N+](=O)[O-])ccc2ccccc12)c1ccco1. The molecular formula is C15H10N2O4. The van der Waals surface area contributed by atoms with Crippen LogP contribution in [0.5, 0.6) is 0 Å². The molecule has 2 aromatic carbocycles. The van der Waals surface area contributed by atoms with Gasteiger partial charge in [-0.3, -0.25) is 14.9 Å². The number of anilines is 1. The van der Waals surface area contributed by atoms with Crippen LogP contribution in [0, 0.1) is 10.1 Å². The molecule has 0 fully saturated rings. The molecule has 6 heteroatoms. The van der Waals surface area contributed by atoms with Gasteiger partial charge in [0.15, 0.2) is 5.76 Å². The van der Waals surface area contributed by atoms with E-state index in [2.05, 4.69) is 5.32 Å². The summed E-state index contributed by atoms with van der Waals surface area (Å²) in [6.07, 6.45) is 1.37. The number of hydrogen-bond donors (Lipinski definition) is 1. The van der Waals surface area contributed by atoms with Crippen LogP contribution in [-0.4, -0.2) is 10.8 Å². The summed E-state index contributed by atoms with van der Waals surface area (Å²) in [7, 11) is 0. The third-order valence-electron chi connectivity index (χ3n) is 3.09. The zero-order valence-electron chi connectivity index (χ0n) is 10.8. The lowest BCUT2D eigenvalue weighted by atomic mass is 10.1. The Hall–Kier alpha value is -3.15. The summed E-state index contributed by atoms with van der Waals surface area (Å²) in [5.41, 5.74) is 0.00751. The normalized spacial score (nSPS) is 10.5. The van der Waals surface area contributed by atoms with Gasteiger partial charge in [-0.15, -0.1) is 0 Å². The van der Waals surface area contributed by atoms with E-state index in [1.54, 1.807) is 24.3 Å². The van der Waals surface area contributed by atoms with Crippen LogP contribution in [0.3, 0.4) is 0 Å². The number of carbonyl (C=O) groups is 1. The van der Waals surface area contributed by atoms with E-state index in [4.69, 9.17) is 4.42 Å². The lowest BCUT2D eigenvalue weighted by Crippen LogP contribution is -2.12. The van der Waals surface area contributed by atoms with Gasteiger partial charge in [0.05, 0.1) is 11.2 Å². The van der Waals surface area contributed by atoms with Crippen molar-refractivity contribution < 1.29 is 14.1 Å². The fourth-order valence-electron chi connectivity index (χ4n) is 2.13. The van der Waals surface area contributed by atoms with E-state index in [9.17, 15) is 14.9 Å². The van der Waals surface area contributed by atoms with E-state index in [0.717, 1.165) is 5.39 Å². The van der Waals surface area contributed by atoms with Crippen molar-refractivity contribution in [3.05, 3.63) is 70.7 Å². The standard InChI is InChI=1S/C15H10N2O4/c18-15(13-6-3-9-21-13)16-14-11-5-2-1-4-10(11)7-8-12(14)17(19)20/h1-9H,(H,16,18). The molecule has 1 amide bonds. The molecule has 1 aromatic heterocycles. The Morgan fingerprint density at radius 3 is 2.62 bits per heavy atom. The third-order valence-corrected chi connectivity index (χ3v) is 3.09. The summed E-state index contributed by atoms with van der Waals surface area (Å²) >= 11 is 0. The smallest absolute Gasteiger partial charge is 0.293 e. The van der Waals surface area contributed by atoms with Gasteiger partial charge in [-0.25, -0.2) is 0 Å². The van der Waals surface area contributed by atoms with Gasteiger partial charge in [0, 0.05) is 11.5 Å². The van der Waals surface area contributed by atoms with E-state index in [1.165, 1.54) is 18.4 Å². The Kier molecular flexibility index (Phi) is 3.12. The van der Waals surface area contributed by atoms with Crippen LogP contribution in [0.2, 0.25) is 0 Å². The van der Waals surface area contributed by atoms with Crippen LogP contribution in [0.25, 0.3) is 10.8 Å². The first kappa shape index (κ1) is 12.9. The quantitative estimate of drug-likeness (QED) is 0.587. The van der Waals surface area contributed by atoms with E-state index in [1.807, 2.05) is 12.1 Å². The number of nitrogens with one attached hydrogen (secondary N) is 1. The monoisotopic (exact) mass is 282 g/mol. The third kappa shape index (κ3) is 2.34. The number of nitrogens with zero attached hydrogens (tertiary/aromatic N) is 1. The average molecular weight is 282 g/mol. The molecule has 0 aliphatic carbocycles. The van der Waals surface area contributed by atoms with Crippen molar-refractivity contribution in [2.45, 2.75) is 0 Å². The van der Waals surface area contributed by atoms with Gasteiger partial charge in [0.2, 0.25) is 0 Å². The number of furan rings is 1. The van der Waals surface area contributed by atoms with Crippen molar-refractivity contribution in [1.82, 2.24) is 0 Å². The molecule has 21 heavy (non-hydrogen) atoms. The molecule has 104 valence electrons. The number of fused-ring (bicyclic) bond motifs is 1. The second-order valence-electron chi connectivity index (χ2n) is 4.37. The minimum absolute atomic E-state index is 0.0947. The Labute approximate surface area is 119 Å². The summed E-state index contributed by atoms with van der Waals surface area (Å²) in [4.78, 5) is 22.7. The average Bonchev–Trinajstić information content (AvgIpc) is 3.01. The molecule has 3 aromatic rings. The fraction of sp³-hybridized carbons (Fsp3) is 0. The maximum Gasteiger partial charge on any atom is 0.293 e. The minimum Gasteiger partial charge on any atom is -0.459 e. The van der Waals surface area contributed by atoms with Crippen molar-refractivity contribution >= 4 is 28.1 Å². The van der Waals surface area contributed by atoms with Crippen molar-refractivity contribution in [3.63, 3.8) is 0 Å². The van der Waals surface area contributed by atoms with Crippen LogP contribution < -0.4 is 5.32 Å². The summed E-state index contributed by atoms with van der Waals surface area (Å²) in [5.74, 6) is -0.434. The van der Waals surface area contributed by atoms with Crippen molar-refractivity contribution in [1.29, 1.82) is 0 Å². The predicted molar refractivity (Wildman–Crippen MR) is 77.3 cm³/mol. The lowest BCUT2D eigenvalue weighted by molar-refractivity contribution is -0.383. The molecule has 0 spiro atoms. The van der Waals surface area contributed by atoms with Crippen LogP contribution in [0.4, 0.5) is 11.4 Å². The summed E-state index contributed by atoms with van der Waals surface area (Å²) in [5, 5.41) is 15.1. The van der Waals surface area contributed by atoms with Crippen LogP contribution in [0.15, 0.2) is 59.2 Å². The molecule has 3 rings (SSSR count). The second kappa shape index (κ2) is 5.09. The molecule has 0 saturated carbocycles. The fourth-order valence-corrected chi connectivity index (χ4v) is 2.13. The van der Waals surface area contributed by atoms with Gasteiger partial charge in [-0.1, -0.05) is 24.3 Å². The first-order chi connectivity index (χ1) is 10.2. The Bertz CT molecular complexity index is 825. The van der Waals surface area contributed by atoms with Crippen LogP contribution in [-0.2, 0) is 0 Å². The van der Waals surface area contributed by atoms with Crippen LogP contribution >= 0.6 is 0 Å². The zero-order chi connectivity index (χ0) is 14.8. The molecule has 1 N–H and O–H groups in total. The number of hydrogen-bond acceptors (Lipinski definition) is 4. The first-order valence-corrected chi connectivity index (χ1v) is 6.18. The maximum atomic E-state index is 12.1. The predicted octanol–water partition coefficient (Wildman–Crippen LogP) is 3.59. The highest BCUT2D eigenvalue weighted by atomic mass is 16.6. The molecule has 6 nitrogen and oxygen atoms in total. The number of carbonyl (C=O) groups excluding carboxylic acids is 1. The highest BCUT2D eigenvalue weighted by molar-refractivity contribution is 6.10. The number of amides is 1. The maximum absolute atomic E-state index is 12.1. The highest BCUT2D eigenvalue weighted by Gasteiger charge is 2.20. The first-order valence-electron chi connectivity index (χ1n) is 6.18. The second-order valence-corrected chi connectivity index (χ2v) is 4.37. The molecule has 0 aliphatic rings. The largest absolute Gasteiger partial charge is 0.459 e. The van der Waals surface area contributed by atoms with Crippen molar-refractivity contribution in [2.75, 3.05) is 5.32 Å². The minimum atomic E-state index is -0.528. The molecule has 0 aliphatic heterocycles. The van der Waals surface area contributed by atoms with Gasteiger partial charge >= 0.3 is 0 Å². The molecule has 0 bridgehead atoms. The van der Waals surface area contributed by atoms with Gasteiger partial charge < -0.3 is 9.73 Å². The Morgan fingerprint density at radius 2 is 1.90 bits per heavy atom. The van der Waals surface area contributed by atoms with Crippen molar-refractivity contribution in [3.8, 4) is 0 Å². The number of rotatable bonds is 3. The topological polar surface area (TPSA) is 85.4 Å². The lowest BCUT2D eigenvalue weighted by Gasteiger charge is -2.08. The number of benzene rings is 2. The van der Waals surface area contributed by atoms with Crippen molar-refractivity contribution in [2.24, 2.45) is 0 Å². The van der Waals surface area contributed by atoms with Gasteiger partial charge in [0.1, 0.15) is 5.69 Å². The summed E-state index contributed by atoms with van der Waals surface area (Å²) in [6, 6.07) is 13.2. The molecule has 0 radical (unpaired) electrons.